The summed E-state index contributed by atoms with van der Waals surface area (Å²) in [5, 5.41) is 0. The fourth-order valence-electron chi connectivity index (χ4n) is 0.514. The second-order valence-electron chi connectivity index (χ2n) is 1.72. The molecule has 0 atom stereocenters. The Morgan fingerprint density at radius 2 is 1.89 bits per heavy atom. The topological polar surface area (TPSA) is 49.7 Å². The highest BCUT2D eigenvalue weighted by Crippen LogP contribution is 2.39. The van der Waals surface area contributed by atoms with Crippen molar-refractivity contribution in [2.45, 2.75) is 20.3 Å². The molecule has 0 fully saturated rings. The molecule has 0 aliphatic rings. The Kier molecular flexibility index (Phi) is 4.22. The van der Waals surface area contributed by atoms with E-state index in [4.69, 9.17) is 9.11 Å². The Hall–Kier alpha value is 0.230. The van der Waals surface area contributed by atoms with Crippen molar-refractivity contribution in [1.29, 1.82) is 0 Å². The summed E-state index contributed by atoms with van der Waals surface area (Å²) >= 11 is 0. The third-order valence-electron chi connectivity index (χ3n) is 0.777. The molecule has 0 amide bonds. The predicted octanol–water partition coefficient (Wildman–Crippen LogP) is 2.10. The molecule has 0 bridgehead atoms. The van der Waals surface area contributed by atoms with Crippen LogP contribution in [0, 0.1) is 0 Å². The highest BCUT2D eigenvalue weighted by atomic mass is 32.3. The van der Waals surface area contributed by atoms with Crippen molar-refractivity contribution in [3.8, 4) is 0 Å². The first-order valence-corrected chi connectivity index (χ1v) is 4.66. The van der Waals surface area contributed by atoms with Gasteiger partial charge in [-0.05, 0) is 13.3 Å². The Morgan fingerprint density at radius 3 is 2.22 bits per heavy atom. The number of rotatable bonds is 4. The summed E-state index contributed by atoms with van der Waals surface area (Å²) in [4.78, 5) is 0. The molecule has 0 rings (SSSR count). The molecule has 0 heterocycles. The summed E-state index contributed by atoms with van der Waals surface area (Å²) in [5.74, 6) is 0.348. The zero-order valence-electron chi connectivity index (χ0n) is 5.83. The minimum absolute atomic E-state index is 0.348. The van der Waals surface area contributed by atoms with Gasteiger partial charge in [0.05, 0.1) is 17.5 Å². The number of hydrogen-bond acceptors (Lipinski definition) is 3. The second-order valence-corrected chi connectivity index (χ2v) is 3.57. The minimum atomic E-state index is -2.68. The van der Waals surface area contributed by atoms with Gasteiger partial charge < -0.3 is 9.11 Å². The van der Waals surface area contributed by atoms with Crippen molar-refractivity contribution in [1.82, 2.24) is 0 Å². The fraction of sp³-hybridized carbons (Fsp3) is 1.00. The molecule has 0 aliphatic heterocycles. The molecule has 0 unspecified atom stereocenters. The molecule has 58 valence electrons. The smallest absolute Gasteiger partial charge is 0.0835 e. The summed E-state index contributed by atoms with van der Waals surface area (Å²) in [7, 11) is -2.68. The maximum atomic E-state index is 8.93. The van der Waals surface area contributed by atoms with E-state index in [1.807, 2.05) is 6.92 Å². The fourth-order valence-corrected chi connectivity index (χ4v) is 1.54. The standard InChI is InChI=1S/C5H14O3S/c1-3-5-9(6,7)8-4-2/h6-7H,3-5H2,1-2H3. The van der Waals surface area contributed by atoms with E-state index in [1.165, 1.54) is 0 Å². The van der Waals surface area contributed by atoms with Crippen LogP contribution in [0.25, 0.3) is 0 Å². The van der Waals surface area contributed by atoms with Gasteiger partial charge in [0.1, 0.15) is 0 Å². The van der Waals surface area contributed by atoms with Crippen LogP contribution >= 0.6 is 10.9 Å². The second kappa shape index (κ2) is 4.11. The van der Waals surface area contributed by atoms with E-state index in [0.29, 0.717) is 12.4 Å². The van der Waals surface area contributed by atoms with Crippen molar-refractivity contribution in [2.75, 3.05) is 12.4 Å². The van der Waals surface area contributed by atoms with Gasteiger partial charge in [0.2, 0.25) is 0 Å². The molecule has 0 spiro atoms. The summed E-state index contributed by atoms with van der Waals surface area (Å²) in [6.45, 7) is 3.99. The Bertz CT molecular complexity index is 66.6. The molecule has 0 saturated heterocycles. The maximum absolute atomic E-state index is 8.93. The summed E-state index contributed by atoms with van der Waals surface area (Å²) in [6, 6.07) is 0. The molecule has 2 N–H and O–H groups in total. The third kappa shape index (κ3) is 4.72. The average molecular weight is 154 g/mol. The highest BCUT2D eigenvalue weighted by molar-refractivity contribution is 8.20. The maximum Gasteiger partial charge on any atom is 0.0835 e. The Balaban J connectivity index is 3.43. The van der Waals surface area contributed by atoms with Crippen molar-refractivity contribution in [3.05, 3.63) is 0 Å². The van der Waals surface area contributed by atoms with Crippen molar-refractivity contribution < 1.29 is 13.3 Å². The zero-order chi connectivity index (χ0) is 7.33. The van der Waals surface area contributed by atoms with Gasteiger partial charge in [-0.25, -0.2) is 0 Å². The number of hydrogen-bond donors (Lipinski definition) is 2. The van der Waals surface area contributed by atoms with Crippen LogP contribution < -0.4 is 0 Å². The lowest BCUT2D eigenvalue weighted by Gasteiger charge is -2.24. The van der Waals surface area contributed by atoms with Gasteiger partial charge in [-0.1, -0.05) is 6.92 Å². The van der Waals surface area contributed by atoms with E-state index < -0.39 is 10.9 Å². The van der Waals surface area contributed by atoms with Gasteiger partial charge in [0, 0.05) is 5.75 Å². The van der Waals surface area contributed by atoms with Crippen LogP contribution in [-0.4, -0.2) is 21.5 Å². The third-order valence-corrected chi connectivity index (χ3v) is 2.33. The van der Waals surface area contributed by atoms with Crippen LogP contribution in [0.5, 0.6) is 0 Å². The molecular weight excluding hydrogens is 140 g/mol. The van der Waals surface area contributed by atoms with Crippen LogP contribution in [0.4, 0.5) is 0 Å². The largest absolute Gasteiger partial charge is 0.308 e. The van der Waals surface area contributed by atoms with E-state index in [1.54, 1.807) is 6.92 Å². The SMILES string of the molecule is CCCS(O)(O)OCC. The lowest BCUT2D eigenvalue weighted by Crippen LogP contribution is -2.05. The first-order valence-electron chi connectivity index (χ1n) is 3.02. The molecule has 4 heteroatoms. The first-order chi connectivity index (χ1) is 4.12. The Labute approximate surface area is 57.6 Å². The van der Waals surface area contributed by atoms with Crippen molar-refractivity contribution >= 4 is 10.9 Å². The van der Waals surface area contributed by atoms with Gasteiger partial charge in [0.15, 0.2) is 0 Å². The monoisotopic (exact) mass is 154 g/mol. The summed E-state index contributed by atoms with van der Waals surface area (Å²) in [5.41, 5.74) is 0. The van der Waals surface area contributed by atoms with Gasteiger partial charge in [0.25, 0.3) is 0 Å². The molecule has 0 aliphatic carbocycles. The predicted molar refractivity (Wildman–Crippen MR) is 39.6 cm³/mol. The van der Waals surface area contributed by atoms with E-state index >= 15 is 0 Å². The molecule has 0 aromatic heterocycles. The first kappa shape index (κ1) is 9.23. The summed E-state index contributed by atoms with van der Waals surface area (Å²) in [6.07, 6.45) is 0.738. The Morgan fingerprint density at radius 1 is 1.33 bits per heavy atom. The average Bonchev–Trinajstić information content (AvgIpc) is 1.64. The van der Waals surface area contributed by atoms with Gasteiger partial charge in [-0.15, -0.1) is 0 Å². The van der Waals surface area contributed by atoms with Gasteiger partial charge >= 0.3 is 0 Å². The molecule has 0 aromatic carbocycles. The normalized spacial score (nSPS) is 13.8. The lowest BCUT2D eigenvalue weighted by molar-refractivity contribution is 0.276. The lowest BCUT2D eigenvalue weighted by atomic mass is 10.6. The van der Waals surface area contributed by atoms with E-state index in [9.17, 15) is 0 Å². The molecule has 9 heavy (non-hydrogen) atoms. The zero-order valence-corrected chi connectivity index (χ0v) is 6.65. The molecule has 3 nitrogen and oxygen atoms in total. The van der Waals surface area contributed by atoms with Gasteiger partial charge in [-0.3, -0.25) is 4.18 Å². The van der Waals surface area contributed by atoms with Crippen LogP contribution in [0.3, 0.4) is 0 Å². The molecule has 0 aromatic rings. The van der Waals surface area contributed by atoms with Crippen molar-refractivity contribution in [3.63, 3.8) is 0 Å². The van der Waals surface area contributed by atoms with Crippen LogP contribution in [0.1, 0.15) is 20.3 Å². The van der Waals surface area contributed by atoms with E-state index in [0.717, 1.165) is 6.42 Å². The molecule has 0 saturated carbocycles. The minimum Gasteiger partial charge on any atom is -0.308 e. The van der Waals surface area contributed by atoms with E-state index in [2.05, 4.69) is 4.18 Å². The summed E-state index contributed by atoms with van der Waals surface area (Å²) < 4.78 is 22.5. The molecule has 0 radical (unpaired) electrons. The quantitative estimate of drug-likeness (QED) is 0.652. The van der Waals surface area contributed by atoms with Gasteiger partial charge in [-0.2, -0.15) is 0 Å². The molecular formula is C5H14O3S. The van der Waals surface area contributed by atoms with Crippen LogP contribution in [0.2, 0.25) is 0 Å². The van der Waals surface area contributed by atoms with Crippen LogP contribution in [0.15, 0.2) is 0 Å². The van der Waals surface area contributed by atoms with Crippen molar-refractivity contribution in [2.24, 2.45) is 0 Å². The van der Waals surface area contributed by atoms with Crippen LogP contribution in [-0.2, 0) is 4.18 Å². The van der Waals surface area contributed by atoms with E-state index in [-0.39, 0.29) is 0 Å². The highest BCUT2D eigenvalue weighted by Gasteiger charge is 2.13.